The van der Waals surface area contributed by atoms with Crippen LogP contribution in [0.4, 0.5) is 4.79 Å². The fourth-order valence-corrected chi connectivity index (χ4v) is 3.12. The molecule has 0 aromatic rings. The average molecular weight is 284 g/mol. The number of urea groups is 1. The molecule has 2 rings (SSSR count). The van der Waals surface area contributed by atoms with Crippen molar-refractivity contribution >= 4 is 12.0 Å². The van der Waals surface area contributed by atoms with Crippen LogP contribution in [0.2, 0.25) is 0 Å². The van der Waals surface area contributed by atoms with Gasteiger partial charge in [-0.25, -0.2) is 4.79 Å². The van der Waals surface area contributed by atoms with Gasteiger partial charge in [0.05, 0.1) is 6.10 Å². The molecule has 1 aliphatic heterocycles. The van der Waals surface area contributed by atoms with Gasteiger partial charge in [0.2, 0.25) is 0 Å². The molecule has 0 aromatic heterocycles. The Morgan fingerprint density at radius 1 is 1.30 bits per heavy atom. The SMILES string of the molecule is CC1CC(NC(=O)N(CC(=O)O)C2CCCC2)CCO1. The smallest absolute Gasteiger partial charge is 0.323 e. The first-order valence-electron chi connectivity index (χ1n) is 7.47. The monoisotopic (exact) mass is 284 g/mol. The summed E-state index contributed by atoms with van der Waals surface area (Å²) in [5.41, 5.74) is 0. The predicted octanol–water partition coefficient (Wildman–Crippen LogP) is 1.59. The van der Waals surface area contributed by atoms with Crippen LogP contribution in [0.1, 0.15) is 45.4 Å². The number of hydrogen-bond donors (Lipinski definition) is 2. The molecule has 2 N–H and O–H groups in total. The number of amides is 2. The quantitative estimate of drug-likeness (QED) is 0.821. The number of nitrogens with zero attached hydrogens (tertiary/aromatic N) is 1. The van der Waals surface area contributed by atoms with Crippen LogP contribution in [0.15, 0.2) is 0 Å². The predicted molar refractivity (Wildman–Crippen MR) is 73.6 cm³/mol. The summed E-state index contributed by atoms with van der Waals surface area (Å²) in [5.74, 6) is -0.951. The van der Waals surface area contributed by atoms with E-state index < -0.39 is 5.97 Å². The first-order chi connectivity index (χ1) is 9.56. The van der Waals surface area contributed by atoms with Crippen LogP contribution in [0.25, 0.3) is 0 Å². The van der Waals surface area contributed by atoms with E-state index in [1.54, 1.807) is 0 Å². The lowest BCUT2D eigenvalue weighted by Crippen LogP contribution is -2.52. The second kappa shape index (κ2) is 6.92. The molecule has 0 radical (unpaired) electrons. The number of carboxylic acid groups (broad SMARTS) is 1. The summed E-state index contributed by atoms with van der Waals surface area (Å²) in [4.78, 5) is 24.8. The number of aliphatic carboxylic acids is 1. The van der Waals surface area contributed by atoms with Crippen LogP contribution in [-0.4, -0.2) is 53.3 Å². The summed E-state index contributed by atoms with van der Waals surface area (Å²) in [6, 6.07) is -0.0780. The molecule has 2 unspecified atom stereocenters. The average Bonchev–Trinajstić information content (AvgIpc) is 2.89. The fourth-order valence-electron chi connectivity index (χ4n) is 3.12. The zero-order valence-corrected chi connectivity index (χ0v) is 12.0. The summed E-state index contributed by atoms with van der Waals surface area (Å²) in [6.45, 7) is 2.42. The van der Waals surface area contributed by atoms with E-state index in [0.717, 1.165) is 38.5 Å². The van der Waals surface area contributed by atoms with E-state index in [9.17, 15) is 9.59 Å². The molecule has 1 heterocycles. The Balaban J connectivity index is 1.92. The van der Waals surface area contributed by atoms with Crippen molar-refractivity contribution in [3.8, 4) is 0 Å². The van der Waals surface area contributed by atoms with Crippen molar-refractivity contribution in [2.75, 3.05) is 13.2 Å². The molecule has 2 atom stereocenters. The molecule has 1 saturated heterocycles. The molecule has 2 fully saturated rings. The van der Waals surface area contributed by atoms with Gasteiger partial charge in [0.25, 0.3) is 0 Å². The van der Waals surface area contributed by atoms with Gasteiger partial charge in [-0.15, -0.1) is 0 Å². The maximum atomic E-state index is 12.4. The third kappa shape index (κ3) is 4.10. The zero-order valence-electron chi connectivity index (χ0n) is 12.0. The van der Waals surface area contributed by atoms with E-state index in [1.807, 2.05) is 6.92 Å². The summed E-state index contributed by atoms with van der Waals surface area (Å²) in [7, 11) is 0. The maximum absolute atomic E-state index is 12.4. The molecule has 6 heteroatoms. The number of carboxylic acids is 1. The highest BCUT2D eigenvalue weighted by Crippen LogP contribution is 2.24. The largest absolute Gasteiger partial charge is 0.480 e. The minimum absolute atomic E-state index is 0.0726. The van der Waals surface area contributed by atoms with E-state index in [4.69, 9.17) is 9.84 Å². The van der Waals surface area contributed by atoms with Crippen LogP contribution in [0.3, 0.4) is 0 Å². The van der Waals surface area contributed by atoms with Crippen LogP contribution in [0.5, 0.6) is 0 Å². The van der Waals surface area contributed by atoms with Gasteiger partial charge >= 0.3 is 12.0 Å². The van der Waals surface area contributed by atoms with Crippen molar-refractivity contribution in [2.45, 2.75) is 63.6 Å². The summed E-state index contributed by atoms with van der Waals surface area (Å²) >= 11 is 0. The number of rotatable bonds is 4. The van der Waals surface area contributed by atoms with E-state index >= 15 is 0 Å². The van der Waals surface area contributed by atoms with Gasteiger partial charge < -0.3 is 20.1 Å². The molecule has 6 nitrogen and oxygen atoms in total. The molecule has 0 aromatic carbocycles. The lowest BCUT2D eigenvalue weighted by Gasteiger charge is -2.32. The molecular weight excluding hydrogens is 260 g/mol. The van der Waals surface area contributed by atoms with Crippen LogP contribution < -0.4 is 5.32 Å². The summed E-state index contributed by atoms with van der Waals surface area (Å²) < 4.78 is 5.46. The Hall–Kier alpha value is -1.30. The lowest BCUT2D eigenvalue weighted by molar-refractivity contribution is -0.138. The van der Waals surface area contributed by atoms with Crippen molar-refractivity contribution in [3.63, 3.8) is 0 Å². The van der Waals surface area contributed by atoms with Gasteiger partial charge in [-0.05, 0) is 32.6 Å². The van der Waals surface area contributed by atoms with Crippen LogP contribution in [0, 0.1) is 0 Å². The molecule has 0 spiro atoms. The minimum atomic E-state index is -0.951. The van der Waals surface area contributed by atoms with Crippen LogP contribution in [-0.2, 0) is 9.53 Å². The highest BCUT2D eigenvalue weighted by Gasteiger charge is 2.30. The zero-order chi connectivity index (χ0) is 14.5. The lowest BCUT2D eigenvalue weighted by atomic mass is 10.0. The van der Waals surface area contributed by atoms with Crippen molar-refractivity contribution in [3.05, 3.63) is 0 Å². The van der Waals surface area contributed by atoms with Gasteiger partial charge in [0.1, 0.15) is 6.54 Å². The number of nitrogens with one attached hydrogen (secondary N) is 1. The van der Waals surface area contributed by atoms with Crippen molar-refractivity contribution in [1.82, 2.24) is 10.2 Å². The Kier molecular flexibility index (Phi) is 5.23. The second-order valence-corrected chi connectivity index (χ2v) is 5.81. The number of carbonyl (C=O) groups is 2. The molecule has 1 saturated carbocycles. The second-order valence-electron chi connectivity index (χ2n) is 5.81. The molecule has 20 heavy (non-hydrogen) atoms. The molecule has 2 aliphatic rings. The molecule has 1 aliphatic carbocycles. The molecule has 114 valence electrons. The topological polar surface area (TPSA) is 78.9 Å². The van der Waals surface area contributed by atoms with Gasteiger partial charge in [0, 0.05) is 18.7 Å². The Morgan fingerprint density at radius 2 is 2.00 bits per heavy atom. The van der Waals surface area contributed by atoms with E-state index in [0.29, 0.717) is 6.61 Å². The van der Waals surface area contributed by atoms with Crippen molar-refractivity contribution in [2.24, 2.45) is 0 Å². The number of ether oxygens (including phenoxy) is 1. The summed E-state index contributed by atoms with van der Waals surface area (Å²) in [6.07, 6.45) is 5.69. The van der Waals surface area contributed by atoms with Gasteiger partial charge in [-0.1, -0.05) is 12.8 Å². The van der Waals surface area contributed by atoms with E-state index in [-0.39, 0.29) is 30.8 Å². The molecular formula is C14H24N2O4. The van der Waals surface area contributed by atoms with Crippen molar-refractivity contribution < 1.29 is 19.4 Å². The van der Waals surface area contributed by atoms with Crippen LogP contribution >= 0.6 is 0 Å². The fraction of sp³-hybridized carbons (Fsp3) is 0.857. The Labute approximate surface area is 119 Å². The Bertz CT molecular complexity index is 355. The van der Waals surface area contributed by atoms with Crippen molar-refractivity contribution in [1.29, 1.82) is 0 Å². The first-order valence-corrected chi connectivity index (χ1v) is 7.47. The van der Waals surface area contributed by atoms with E-state index in [1.165, 1.54) is 4.90 Å². The maximum Gasteiger partial charge on any atom is 0.323 e. The highest BCUT2D eigenvalue weighted by atomic mass is 16.5. The standard InChI is InChI=1S/C14H24N2O4/c1-10-8-11(6-7-20-10)15-14(19)16(9-13(17)18)12-4-2-3-5-12/h10-12H,2-9H2,1H3,(H,15,19)(H,17,18). The number of hydrogen-bond acceptors (Lipinski definition) is 3. The summed E-state index contributed by atoms with van der Waals surface area (Å²) in [5, 5.41) is 12.0. The Morgan fingerprint density at radius 3 is 2.60 bits per heavy atom. The third-order valence-electron chi connectivity index (χ3n) is 4.14. The first kappa shape index (κ1) is 15.1. The van der Waals surface area contributed by atoms with Gasteiger partial charge in [-0.2, -0.15) is 0 Å². The minimum Gasteiger partial charge on any atom is -0.480 e. The van der Waals surface area contributed by atoms with E-state index in [2.05, 4.69) is 5.32 Å². The van der Waals surface area contributed by atoms with Gasteiger partial charge in [0.15, 0.2) is 0 Å². The molecule has 0 bridgehead atoms. The third-order valence-corrected chi connectivity index (χ3v) is 4.14. The highest BCUT2D eigenvalue weighted by molar-refractivity contribution is 5.80. The molecule has 2 amide bonds. The number of carbonyl (C=O) groups excluding carboxylic acids is 1. The normalized spacial score (nSPS) is 27.2. The van der Waals surface area contributed by atoms with Gasteiger partial charge in [-0.3, -0.25) is 4.79 Å².